The Morgan fingerprint density at radius 2 is 0.661 bits per heavy atom. The number of benzene rings is 6. The second kappa shape index (κ2) is 16.2. The van der Waals surface area contributed by atoms with Crippen LogP contribution in [-0.4, -0.2) is 14.5 Å². The molecular weight excluding hydrogens is 719 g/mol. The lowest BCUT2D eigenvalue weighted by Crippen LogP contribution is -2.23. The van der Waals surface area contributed by atoms with Crippen molar-refractivity contribution in [2.75, 3.05) is 9.80 Å². The molecule has 0 amide bonds. The first kappa shape index (κ1) is 37.1. The molecule has 0 spiro atoms. The minimum absolute atomic E-state index is 0.226. The van der Waals surface area contributed by atoms with Gasteiger partial charge in [-0.25, -0.2) is 0 Å². The number of anilines is 6. The van der Waals surface area contributed by atoms with Crippen molar-refractivity contribution in [2.45, 2.75) is 26.3 Å². The Hall–Kier alpha value is -7.50. The second-order valence-electron chi connectivity index (χ2n) is 15.6. The van der Waals surface area contributed by atoms with E-state index in [1.165, 1.54) is 22.3 Å². The quantitative estimate of drug-likeness (QED) is 0.139. The molecule has 0 saturated carbocycles. The molecule has 5 nitrogen and oxygen atoms in total. The van der Waals surface area contributed by atoms with Gasteiger partial charge in [0.05, 0.1) is 0 Å². The zero-order valence-electron chi connectivity index (χ0n) is 33.5. The van der Waals surface area contributed by atoms with Crippen molar-refractivity contribution in [2.24, 2.45) is 0 Å². The minimum atomic E-state index is -0.226. The molecule has 0 saturated heterocycles. The Morgan fingerprint density at radius 1 is 0.322 bits per heavy atom. The van der Waals surface area contributed by atoms with Crippen LogP contribution < -0.4 is 9.80 Å². The molecule has 0 bridgehead atoms. The van der Waals surface area contributed by atoms with Gasteiger partial charge in [-0.2, -0.15) is 0 Å². The van der Waals surface area contributed by atoms with Gasteiger partial charge in [0.1, 0.15) is 0 Å². The number of hydrogen-bond donors (Lipinski definition) is 0. The van der Waals surface area contributed by atoms with Crippen molar-refractivity contribution < 1.29 is 0 Å². The topological polar surface area (TPSA) is 37.2 Å². The molecule has 0 unspecified atom stereocenters. The lowest BCUT2D eigenvalue weighted by molar-refractivity contribution is 0.407. The van der Waals surface area contributed by atoms with Crippen LogP contribution >= 0.6 is 0 Å². The summed E-state index contributed by atoms with van der Waals surface area (Å²) < 4.78 is 2.47. The lowest BCUT2D eigenvalue weighted by atomic mass is 10.0. The molecule has 9 rings (SSSR count). The summed E-state index contributed by atoms with van der Waals surface area (Å²) in [4.78, 5) is 13.3. The molecule has 9 aromatic rings. The predicted octanol–water partition coefficient (Wildman–Crippen LogP) is 14.6. The Bertz CT molecular complexity index is 2590. The van der Waals surface area contributed by atoms with Gasteiger partial charge in [0, 0.05) is 87.0 Å². The summed E-state index contributed by atoms with van der Waals surface area (Å²) in [6, 6.07) is 69.1. The van der Waals surface area contributed by atoms with E-state index in [2.05, 4.69) is 239 Å². The van der Waals surface area contributed by atoms with Crippen LogP contribution in [-0.2, 0) is 5.54 Å². The molecule has 59 heavy (non-hydrogen) atoms. The molecular formula is C54H45N5. The third-order valence-electron chi connectivity index (χ3n) is 10.7. The van der Waals surface area contributed by atoms with Crippen molar-refractivity contribution >= 4 is 34.1 Å². The fraction of sp³-hybridized carbons (Fsp3) is 0.0741. The van der Waals surface area contributed by atoms with E-state index in [0.29, 0.717) is 0 Å². The summed E-state index contributed by atoms with van der Waals surface area (Å²) in [5.41, 5.74) is 15.5. The molecule has 286 valence electrons. The standard InChI is InChI=1S/C54H45N5/c1-54(2,3)59-52(44-16-10-18-50(38-44)57(48-30-34-55-35-31-48)46-24-20-42(21-25-46)40-12-6-4-7-13-40)28-29-53(59)45-17-11-19-51(39-45)58(49-32-36-56-37-33-49)47-26-22-43(23-27-47)41-14-8-5-9-15-41/h4-39H,1-3H3. The highest BCUT2D eigenvalue weighted by atomic mass is 15.2. The first-order valence-corrected chi connectivity index (χ1v) is 20.1. The molecule has 5 heteroatoms. The van der Waals surface area contributed by atoms with Gasteiger partial charge in [0.25, 0.3) is 0 Å². The summed E-state index contributed by atoms with van der Waals surface area (Å²) in [5.74, 6) is 0. The molecule has 6 aromatic carbocycles. The molecule has 0 fully saturated rings. The second-order valence-corrected chi connectivity index (χ2v) is 15.6. The van der Waals surface area contributed by atoms with Gasteiger partial charge >= 0.3 is 0 Å². The number of hydrogen-bond acceptors (Lipinski definition) is 4. The zero-order valence-corrected chi connectivity index (χ0v) is 33.5. The fourth-order valence-corrected chi connectivity index (χ4v) is 7.97. The first-order chi connectivity index (χ1) is 28.9. The van der Waals surface area contributed by atoms with Crippen molar-refractivity contribution in [1.82, 2.24) is 14.5 Å². The maximum Gasteiger partial charge on any atom is 0.0492 e. The maximum atomic E-state index is 4.33. The average molecular weight is 764 g/mol. The van der Waals surface area contributed by atoms with Crippen LogP contribution in [0.4, 0.5) is 34.1 Å². The van der Waals surface area contributed by atoms with E-state index in [9.17, 15) is 0 Å². The van der Waals surface area contributed by atoms with Gasteiger partial charge in [0.2, 0.25) is 0 Å². The van der Waals surface area contributed by atoms with Crippen molar-refractivity contribution in [3.63, 3.8) is 0 Å². The Morgan fingerprint density at radius 3 is 1.03 bits per heavy atom. The zero-order chi connectivity index (χ0) is 40.2. The van der Waals surface area contributed by atoms with Crippen LogP contribution in [0.15, 0.2) is 219 Å². The predicted molar refractivity (Wildman–Crippen MR) is 246 cm³/mol. The monoisotopic (exact) mass is 763 g/mol. The van der Waals surface area contributed by atoms with Crippen molar-refractivity contribution in [1.29, 1.82) is 0 Å². The largest absolute Gasteiger partial charge is 0.335 e. The van der Waals surface area contributed by atoms with E-state index in [4.69, 9.17) is 0 Å². The summed E-state index contributed by atoms with van der Waals surface area (Å²) in [7, 11) is 0. The molecule has 0 aliphatic heterocycles. The minimum Gasteiger partial charge on any atom is -0.335 e. The number of rotatable bonds is 10. The highest BCUT2D eigenvalue weighted by Gasteiger charge is 2.24. The Kier molecular flexibility index (Phi) is 10.2. The third kappa shape index (κ3) is 7.79. The van der Waals surface area contributed by atoms with E-state index in [-0.39, 0.29) is 5.54 Å². The molecule has 0 N–H and O–H groups in total. The van der Waals surface area contributed by atoms with Crippen LogP contribution in [0.1, 0.15) is 20.8 Å². The maximum absolute atomic E-state index is 4.33. The summed E-state index contributed by atoms with van der Waals surface area (Å²) in [6.07, 6.45) is 7.41. The summed E-state index contributed by atoms with van der Waals surface area (Å²) >= 11 is 0. The van der Waals surface area contributed by atoms with Crippen molar-refractivity contribution in [3.8, 4) is 44.8 Å². The van der Waals surface area contributed by atoms with Gasteiger partial charge in [-0.3, -0.25) is 9.97 Å². The number of pyridine rings is 2. The van der Waals surface area contributed by atoms with Crippen LogP contribution in [0.2, 0.25) is 0 Å². The Labute approximate surface area is 347 Å². The van der Waals surface area contributed by atoms with Crippen LogP contribution in [0.5, 0.6) is 0 Å². The molecule has 3 aromatic heterocycles. The van der Waals surface area contributed by atoms with E-state index in [1.54, 1.807) is 0 Å². The summed E-state index contributed by atoms with van der Waals surface area (Å²) in [6.45, 7) is 6.84. The van der Waals surface area contributed by atoms with Crippen LogP contribution in [0.25, 0.3) is 44.8 Å². The normalized spacial score (nSPS) is 11.3. The van der Waals surface area contributed by atoms with E-state index >= 15 is 0 Å². The van der Waals surface area contributed by atoms with Crippen molar-refractivity contribution in [3.05, 3.63) is 219 Å². The lowest BCUT2D eigenvalue weighted by Gasteiger charge is -2.30. The van der Waals surface area contributed by atoms with Crippen LogP contribution in [0, 0.1) is 0 Å². The van der Waals surface area contributed by atoms with Gasteiger partial charge in [-0.15, -0.1) is 0 Å². The van der Waals surface area contributed by atoms with E-state index < -0.39 is 0 Å². The van der Waals surface area contributed by atoms with Gasteiger partial charge in [0.15, 0.2) is 0 Å². The molecule has 0 aliphatic rings. The molecule has 0 aliphatic carbocycles. The van der Waals surface area contributed by atoms with Crippen LogP contribution in [0.3, 0.4) is 0 Å². The fourth-order valence-electron chi connectivity index (χ4n) is 7.97. The average Bonchev–Trinajstić information content (AvgIpc) is 3.76. The smallest absolute Gasteiger partial charge is 0.0492 e. The first-order valence-electron chi connectivity index (χ1n) is 20.1. The van der Waals surface area contributed by atoms with Gasteiger partial charge in [-0.05, 0) is 128 Å². The number of nitrogens with zero attached hydrogens (tertiary/aromatic N) is 5. The highest BCUT2D eigenvalue weighted by molar-refractivity contribution is 5.84. The number of aromatic nitrogens is 3. The highest BCUT2D eigenvalue weighted by Crippen LogP contribution is 2.42. The van der Waals surface area contributed by atoms with E-state index in [1.807, 2.05) is 24.8 Å². The molecule has 0 atom stereocenters. The SMILES string of the molecule is CC(C)(C)n1c(-c2cccc(N(c3ccncc3)c3ccc(-c4ccccc4)cc3)c2)ccc1-c1cccc(N(c2ccncc2)c2ccc(-c3ccccc3)cc2)c1. The Balaban J connectivity index is 1.10. The molecule has 0 radical (unpaired) electrons. The summed E-state index contributed by atoms with van der Waals surface area (Å²) in [5, 5.41) is 0. The molecule has 3 heterocycles. The van der Waals surface area contributed by atoms with E-state index in [0.717, 1.165) is 56.6 Å². The third-order valence-corrected chi connectivity index (χ3v) is 10.7. The van der Waals surface area contributed by atoms with Gasteiger partial charge < -0.3 is 14.4 Å². The van der Waals surface area contributed by atoms with Gasteiger partial charge in [-0.1, -0.05) is 109 Å².